The van der Waals surface area contributed by atoms with E-state index in [0.717, 1.165) is 16.7 Å². The molecule has 1 unspecified atom stereocenters. The van der Waals surface area contributed by atoms with Crippen molar-refractivity contribution in [2.24, 2.45) is 0 Å². The van der Waals surface area contributed by atoms with Crippen LogP contribution in [0.15, 0.2) is 47.3 Å². The second kappa shape index (κ2) is 6.96. The fourth-order valence-electron chi connectivity index (χ4n) is 3.17. The van der Waals surface area contributed by atoms with Gasteiger partial charge in [-0.25, -0.2) is 0 Å². The minimum absolute atomic E-state index is 0.0217. The molecule has 8 heteroatoms. The number of benzene rings is 2. The van der Waals surface area contributed by atoms with Gasteiger partial charge in [0.25, 0.3) is 5.56 Å². The van der Waals surface area contributed by atoms with E-state index in [2.05, 4.69) is 0 Å². The zero-order chi connectivity index (χ0) is 20.8. The molecule has 0 amide bonds. The first kappa shape index (κ1) is 19.9. The SMILES string of the molecule is CC(O)c1c(N)c2ccc(C(F)(F)F)cc2n(-c2ccc([C@@H](C)O)cc2)c1=O. The summed E-state index contributed by atoms with van der Waals surface area (Å²) in [5.41, 5.74) is 5.09. The van der Waals surface area contributed by atoms with Crippen molar-refractivity contribution in [2.75, 3.05) is 5.73 Å². The van der Waals surface area contributed by atoms with Crippen LogP contribution in [0.4, 0.5) is 18.9 Å². The molecule has 2 aromatic carbocycles. The predicted octanol–water partition coefficient (Wildman–Crippen LogP) is 3.70. The topological polar surface area (TPSA) is 88.5 Å². The Labute approximate surface area is 158 Å². The average Bonchev–Trinajstić information content (AvgIpc) is 2.60. The lowest BCUT2D eigenvalue weighted by Gasteiger charge is -2.19. The molecule has 0 bridgehead atoms. The Morgan fingerprint density at radius 3 is 2.11 bits per heavy atom. The summed E-state index contributed by atoms with van der Waals surface area (Å²) < 4.78 is 40.7. The van der Waals surface area contributed by atoms with Crippen molar-refractivity contribution in [1.29, 1.82) is 0 Å². The van der Waals surface area contributed by atoms with E-state index < -0.39 is 29.5 Å². The minimum Gasteiger partial charge on any atom is -0.398 e. The Bertz CT molecular complexity index is 1090. The van der Waals surface area contributed by atoms with Crippen LogP contribution in [0.1, 0.15) is 42.7 Å². The molecular weight excluding hydrogens is 373 g/mol. The third-order valence-corrected chi connectivity index (χ3v) is 4.63. The third-order valence-electron chi connectivity index (χ3n) is 4.63. The van der Waals surface area contributed by atoms with Crippen LogP contribution in [0, 0.1) is 0 Å². The van der Waals surface area contributed by atoms with E-state index in [0.29, 0.717) is 11.3 Å². The molecule has 0 fully saturated rings. The van der Waals surface area contributed by atoms with Gasteiger partial charge < -0.3 is 15.9 Å². The highest BCUT2D eigenvalue weighted by Crippen LogP contribution is 2.34. The number of nitrogens with two attached hydrogens (primary N) is 1. The van der Waals surface area contributed by atoms with Gasteiger partial charge in [-0.2, -0.15) is 13.2 Å². The van der Waals surface area contributed by atoms with Crippen LogP contribution in [0.3, 0.4) is 0 Å². The van der Waals surface area contributed by atoms with E-state index in [1.807, 2.05) is 0 Å². The van der Waals surface area contributed by atoms with Crippen molar-refractivity contribution in [3.05, 3.63) is 69.5 Å². The number of halogens is 3. The number of aliphatic hydroxyl groups is 2. The maximum atomic E-state index is 13.2. The smallest absolute Gasteiger partial charge is 0.398 e. The number of nitrogen functional groups attached to an aromatic ring is 1. The van der Waals surface area contributed by atoms with E-state index in [1.54, 1.807) is 19.1 Å². The molecule has 0 saturated carbocycles. The van der Waals surface area contributed by atoms with Gasteiger partial charge >= 0.3 is 6.18 Å². The van der Waals surface area contributed by atoms with Gasteiger partial charge in [0.2, 0.25) is 0 Å². The summed E-state index contributed by atoms with van der Waals surface area (Å²) in [6.07, 6.45) is -6.54. The van der Waals surface area contributed by atoms with Crippen molar-refractivity contribution >= 4 is 16.6 Å². The van der Waals surface area contributed by atoms with Gasteiger partial charge in [-0.15, -0.1) is 0 Å². The zero-order valence-corrected chi connectivity index (χ0v) is 15.2. The fraction of sp³-hybridized carbons (Fsp3) is 0.250. The number of anilines is 1. The first-order chi connectivity index (χ1) is 13.0. The summed E-state index contributed by atoms with van der Waals surface area (Å²) in [7, 11) is 0. The van der Waals surface area contributed by atoms with Gasteiger partial charge in [-0.3, -0.25) is 9.36 Å². The van der Waals surface area contributed by atoms with Gasteiger partial charge in [0.15, 0.2) is 0 Å². The van der Waals surface area contributed by atoms with E-state index in [-0.39, 0.29) is 22.2 Å². The number of hydrogen-bond donors (Lipinski definition) is 3. The lowest BCUT2D eigenvalue weighted by Crippen LogP contribution is -2.26. The lowest BCUT2D eigenvalue weighted by molar-refractivity contribution is -0.137. The quantitative estimate of drug-likeness (QED) is 0.634. The number of aliphatic hydroxyl groups excluding tert-OH is 2. The molecule has 2 atom stereocenters. The Balaban J connectivity index is 2.42. The Morgan fingerprint density at radius 2 is 1.61 bits per heavy atom. The molecule has 3 rings (SSSR count). The van der Waals surface area contributed by atoms with Crippen LogP contribution in [0.5, 0.6) is 0 Å². The summed E-state index contributed by atoms with van der Waals surface area (Å²) in [6, 6.07) is 9.13. The zero-order valence-electron chi connectivity index (χ0n) is 15.2. The molecule has 0 aliphatic rings. The van der Waals surface area contributed by atoms with Crippen LogP contribution in [0.25, 0.3) is 16.6 Å². The standard InChI is InChI=1S/C20H19F3N2O3/c1-10(26)12-3-6-14(7-4-12)25-16-9-13(20(21,22)23)5-8-15(16)18(24)17(11(2)27)19(25)28/h3-11,26-27H,24H2,1-2H3/t10-,11?/m1/s1. The molecule has 3 aromatic rings. The molecule has 0 aliphatic carbocycles. The first-order valence-corrected chi connectivity index (χ1v) is 8.54. The van der Waals surface area contributed by atoms with Crippen LogP contribution >= 0.6 is 0 Å². The van der Waals surface area contributed by atoms with Crippen molar-refractivity contribution in [2.45, 2.75) is 32.2 Å². The minimum atomic E-state index is -4.59. The van der Waals surface area contributed by atoms with E-state index in [4.69, 9.17) is 5.73 Å². The number of hydrogen-bond acceptors (Lipinski definition) is 4. The van der Waals surface area contributed by atoms with Gasteiger partial charge in [-0.05, 0) is 43.7 Å². The number of pyridine rings is 1. The summed E-state index contributed by atoms with van der Waals surface area (Å²) in [5.74, 6) is 0. The normalized spacial score (nSPS) is 14.2. The number of aromatic nitrogens is 1. The van der Waals surface area contributed by atoms with Crippen molar-refractivity contribution < 1.29 is 23.4 Å². The van der Waals surface area contributed by atoms with Gasteiger partial charge in [-0.1, -0.05) is 18.2 Å². The highest BCUT2D eigenvalue weighted by molar-refractivity contribution is 5.93. The predicted molar refractivity (Wildman–Crippen MR) is 100 cm³/mol. The van der Waals surface area contributed by atoms with Crippen LogP contribution < -0.4 is 11.3 Å². The van der Waals surface area contributed by atoms with Crippen LogP contribution in [0.2, 0.25) is 0 Å². The fourth-order valence-corrected chi connectivity index (χ4v) is 3.17. The number of nitrogens with zero attached hydrogens (tertiary/aromatic N) is 1. The maximum absolute atomic E-state index is 13.2. The second-order valence-corrected chi connectivity index (χ2v) is 6.64. The molecule has 0 saturated heterocycles. The Kier molecular flexibility index (Phi) is 4.95. The summed E-state index contributed by atoms with van der Waals surface area (Å²) in [5, 5.41) is 19.9. The highest BCUT2D eigenvalue weighted by Gasteiger charge is 2.31. The molecule has 1 heterocycles. The van der Waals surface area contributed by atoms with Gasteiger partial charge in [0, 0.05) is 11.1 Å². The van der Waals surface area contributed by atoms with E-state index >= 15 is 0 Å². The van der Waals surface area contributed by atoms with E-state index in [1.165, 1.54) is 25.1 Å². The van der Waals surface area contributed by atoms with Crippen molar-refractivity contribution in [1.82, 2.24) is 4.57 Å². The largest absolute Gasteiger partial charge is 0.416 e. The first-order valence-electron chi connectivity index (χ1n) is 8.54. The third kappa shape index (κ3) is 3.36. The lowest BCUT2D eigenvalue weighted by atomic mass is 10.0. The summed E-state index contributed by atoms with van der Waals surface area (Å²) >= 11 is 0. The highest BCUT2D eigenvalue weighted by atomic mass is 19.4. The number of fused-ring (bicyclic) bond motifs is 1. The molecule has 148 valence electrons. The number of rotatable bonds is 3. The Morgan fingerprint density at radius 1 is 1.00 bits per heavy atom. The maximum Gasteiger partial charge on any atom is 0.416 e. The van der Waals surface area contributed by atoms with E-state index in [9.17, 15) is 28.2 Å². The molecule has 0 radical (unpaired) electrons. The molecule has 5 nitrogen and oxygen atoms in total. The average molecular weight is 392 g/mol. The molecule has 0 aliphatic heterocycles. The van der Waals surface area contributed by atoms with Crippen LogP contribution in [-0.2, 0) is 6.18 Å². The van der Waals surface area contributed by atoms with Gasteiger partial charge in [0.1, 0.15) is 0 Å². The molecular formula is C20H19F3N2O3. The molecule has 1 aromatic heterocycles. The number of alkyl halides is 3. The summed E-state index contributed by atoms with van der Waals surface area (Å²) in [6.45, 7) is 2.94. The van der Waals surface area contributed by atoms with Crippen molar-refractivity contribution in [3.63, 3.8) is 0 Å². The van der Waals surface area contributed by atoms with Crippen molar-refractivity contribution in [3.8, 4) is 5.69 Å². The summed E-state index contributed by atoms with van der Waals surface area (Å²) in [4.78, 5) is 13.0. The van der Waals surface area contributed by atoms with Gasteiger partial charge in [0.05, 0.1) is 34.5 Å². The van der Waals surface area contributed by atoms with Crippen LogP contribution in [-0.4, -0.2) is 14.8 Å². The molecule has 4 N–H and O–H groups in total. The Hall–Kier alpha value is -2.84. The monoisotopic (exact) mass is 392 g/mol. The molecule has 0 spiro atoms. The second-order valence-electron chi connectivity index (χ2n) is 6.64. The molecule has 28 heavy (non-hydrogen) atoms.